The van der Waals surface area contributed by atoms with Gasteiger partial charge in [0.05, 0.1) is 19.0 Å². The number of pyridine rings is 1. The zero-order valence-electron chi connectivity index (χ0n) is 13.9. The van der Waals surface area contributed by atoms with Crippen molar-refractivity contribution in [1.29, 1.82) is 0 Å². The molecule has 0 spiro atoms. The van der Waals surface area contributed by atoms with E-state index in [9.17, 15) is 13.6 Å². The van der Waals surface area contributed by atoms with E-state index in [4.69, 9.17) is 16.3 Å². The maximum atomic E-state index is 13.7. The third kappa shape index (κ3) is 3.36. The molecular formula is C20H13ClF2N2O2. The molecule has 0 fully saturated rings. The molecule has 136 valence electrons. The quantitative estimate of drug-likeness (QED) is 0.698. The number of hydrogen-bond acceptors (Lipinski definition) is 3. The minimum atomic E-state index is -1.02. The fraction of sp³-hybridized carbons (Fsp3) is 0.100. The molecule has 2 aromatic carbocycles. The van der Waals surface area contributed by atoms with Gasteiger partial charge in [-0.1, -0.05) is 23.7 Å². The topological polar surface area (TPSA) is 51.2 Å². The Hall–Kier alpha value is -2.99. The van der Waals surface area contributed by atoms with E-state index in [0.29, 0.717) is 17.3 Å². The summed E-state index contributed by atoms with van der Waals surface area (Å²) < 4.78 is 32.9. The molecule has 7 heteroatoms. The van der Waals surface area contributed by atoms with Gasteiger partial charge in [0.15, 0.2) is 11.6 Å². The van der Waals surface area contributed by atoms with E-state index in [1.807, 2.05) is 12.1 Å². The van der Waals surface area contributed by atoms with E-state index in [1.165, 1.54) is 0 Å². The summed E-state index contributed by atoms with van der Waals surface area (Å²) in [5, 5.41) is 3.08. The van der Waals surface area contributed by atoms with E-state index in [2.05, 4.69) is 10.3 Å². The van der Waals surface area contributed by atoms with Crippen molar-refractivity contribution in [2.24, 2.45) is 0 Å². The molecule has 1 aliphatic heterocycles. The molecule has 3 aromatic rings. The molecule has 0 atom stereocenters. The lowest BCUT2D eigenvalue weighted by atomic mass is 10.0. The number of aromatic nitrogens is 1. The zero-order valence-corrected chi connectivity index (χ0v) is 14.7. The van der Waals surface area contributed by atoms with Crippen LogP contribution in [-0.4, -0.2) is 17.5 Å². The zero-order chi connectivity index (χ0) is 19.0. The number of rotatable bonds is 3. The fourth-order valence-corrected chi connectivity index (χ4v) is 3.27. The summed E-state index contributed by atoms with van der Waals surface area (Å²) in [7, 11) is 0. The molecule has 0 saturated carbocycles. The predicted molar refractivity (Wildman–Crippen MR) is 98.2 cm³/mol. The Labute approximate surface area is 158 Å². The van der Waals surface area contributed by atoms with Crippen LogP contribution in [-0.2, 0) is 6.42 Å². The van der Waals surface area contributed by atoms with Gasteiger partial charge in [0.1, 0.15) is 11.3 Å². The molecule has 1 aromatic heterocycles. The molecule has 0 aliphatic carbocycles. The summed E-state index contributed by atoms with van der Waals surface area (Å²) in [6.45, 7) is 0.641. The van der Waals surface area contributed by atoms with Crippen molar-refractivity contribution in [1.82, 2.24) is 4.98 Å². The smallest absolute Gasteiger partial charge is 0.261 e. The minimum Gasteiger partial charge on any atom is -0.493 e. The first-order valence-electron chi connectivity index (χ1n) is 8.19. The predicted octanol–water partition coefficient (Wildman–Crippen LogP) is 4.87. The Balaban J connectivity index is 1.57. The standard InChI is InChI=1S/C20H13ClF2N2O2/c21-15-7-12-5-6-27-18(12)8-14(15)11-1-3-13(4-2-11)25-20(26)19-16(22)9-24-10-17(19)23/h1-4,7-10H,5-6H2,(H,25,26). The van der Waals surface area contributed by atoms with Crippen molar-refractivity contribution < 1.29 is 18.3 Å². The van der Waals surface area contributed by atoms with Crippen molar-refractivity contribution in [2.45, 2.75) is 6.42 Å². The van der Waals surface area contributed by atoms with Crippen LogP contribution in [0.4, 0.5) is 14.5 Å². The first kappa shape index (κ1) is 17.4. The Morgan fingerprint density at radius 3 is 2.52 bits per heavy atom. The van der Waals surface area contributed by atoms with Gasteiger partial charge in [0.2, 0.25) is 0 Å². The molecule has 0 radical (unpaired) electrons. The van der Waals surface area contributed by atoms with Gasteiger partial charge >= 0.3 is 0 Å². The van der Waals surface area contributed by atoms with Crippen molar-refractivity contribution in [3.63, 3.8) is 0 Å². The molecule has 1 aliphatic rings. The van der Waals surface area contributed by atoms with Crippen LogP contribution in [0.1, 0.15) is 15.9 Å². The number of hydrogen-bond donors (Lipinski definition) is 1. The first-order valence-corrected chi connectivity index (χ1v) is 8.57. The van der Waals surface area contributed by atoms with Crippen LogP contribution >= 0.6 is 11.6 Å². The highest BCUT2D eigenvalue weighted by molar-refractivity contribution is 6.33. The van der Waals surface area contributed by atoms with Crippen LogP contribution in [0.2, 0.25) is 5.02 Å². The van der Waals surface area contributed by atoms with E-state index >= 15 is 0 Å². The Morgan fingerprint density at radius 1 is 1.11 bits per heavy atom. The highest BCUT2D eigenvalue weighted by atomic mass is 35.5. The number of carbonyl (C=O) groups excluding carboxylic acids is 1. The average Bonchev–Trinajstić information content (AvgIpc) is 3.09. The summed E-state index contributed by atoms with van der Waals surface area (Å²) in [4.78, 5) is 15.5. The number of benzene rings is 2. The number of amides is 1. The van der Waals surface area contributed by atoms with Gasteiger partial charge in [0, 0.05) is 22.7 Å². The summed E-state index contributed by atoms with van der Waals surface area (Å²) in [6.07, 6.45) is 2.42. The van der Waals surface area contributed by atoms with E-state index in [0.717, 1.165) is 41.3 Å². The van der Waals surface area contributed by atoms with E-state index in [-0.39, 0.29) is 0 Å². The van der Waals surface area contributed by atoms with Crippen molar-refractivity contribution in [3.8, 4) is 16.9 Å². The molecule has 27 heavy (non-hydrogen) atoms. The van der Waals surface area contributed by atoms with Crippen LogP contribution in [0.3, 0.4) is 0 Å². The maximum absolute atomic E-state index is 13.7. The largest absolute Gasteiger partial charge is 0.493 e. The molecule has 4 rings (SSSR count). The van der Waals surface area contributed by atoms with Crippen LogP contribution in [0.15, 0.2) is 48.8 Å². The van der Waals surface area contributed by atoms with E-state index < -0.39 is 23.1 Å². The lowest BCUT2D eigenvalue weighted by molar-refractivity contribution is 0.101. The maximum Gasteiger partial charge on any atom is 0.261 e. The first-order chi connectivity index (χ1) is 13.0. The third-order valence-corrected chi connectivity index (χ3v) is 4.63. The second kappa shape index (κ2) is 6.96. The second-order valence-corrected chi connectivity index (χ2v) is 6.46. The van der Waals surface area contributed by atoms with Gasteiger partial charge < -0.3 is 10.1 Å². The number of carbonyl (C=O) groups is 1. The van der Waals surface area contributed by atoms with Gasteiger partial charge in [-0.2, -0.15) is 0 Å². The Bertz CT molecular complexity index is 1020. The van der Waals surface area contributed by atoms with Crippen LogP contribution in [0.5, 0.6) is 5.75 Å². The normalized spacial score (nSPS) is 12.4. The number of ether oxygens (including phenoxy) is 1. The van der Waals surface area contributed by atoms with E-state index in [1.54, 1.807) is 24.3 Å². The van der Waals surface area contributed by atoms with Crippen molar-refractivity contribution in [2.75, 3.05) is 11.9 Å². The summed E-state index contributed by atoms with van der Waals surface area (Å²) in [5.74, 6) is -2.11. The molecule has 1 amide bonds. The monoisotopic (exact) mass is 386 g/mol. The Morgan fingerprint density at radius 2 is 1.81 bits per heavy atom. The lowest BCUT2D eigenvalue weighted by Crippen LogP contribution is -2.16. The van der Waals surface area contributed by atoms with Crippen LogP contribution < -0.4 is 10.1 Å². The van der Waals surface area contributed by atoms with Crippen LogP contribution in [0, 0.1) is 11.6 Å². The average molecular weight is 387 g/mol. The van der Waals surface area contributed by atoms with Gasteiger partial charge in [-0.3, -0.25) is 9.78 Å². The molecule has 2 heterocycles. The van der Waals surface area contributed by atoms with Gasteiger partial charge in [-0.15, -0.1) is 0 Å². The summed E-state index contributed by atoms with van der Waals surface area (Å²) in [5.41, 5.74) is 2.44. The van der Waals surface area contributed by atoms with Gasteiger partial charge in [-0.05, 0) is 35.4 Å². The number of nitrogens with zero attached hydrogens (tertiary/aromatic N) is 1. The molecule has 1 N–H and O–H groups in total. The van der Waals surface area contributed by atoms with Crippen molar-refractivity contribution in [3.05, 3.63) is 76.6 Å². The fourth-order valence-electron chi connectivity index (χ4n) is 2.97. The molecular weight excluding hydrogens is 374 g/mol. The van der Waals surface area contributed by atoms with Gasteiger partial charge in [-0.25, -0.2) is 8.78 Å². The number of anilines is 1. The summed E-state index contributed by atoms with van der Waals surface area (Å²) in [6, 6.07) is 10.6. The van der Waals surface area contributed by atoms with Gasteiger partial charge in [0.25, 0.3) is 5.91 Å². The second-order valence-electron chi connectivity index (χ2n) is 6.05. The molecule has 0 unspecified atom stereocenters. The lowest BCUT2D eigenvalue weighted by Gasteiger charge is -2.10. The van der Waals surface area contributed by atoms with Crippen LogP contribution in [0.25, 0.3) is 11.1 Å². The van der Waals surface area contributed by atoms with Crippen molar-refractivity contribution >= 4 is 23.2 Å². The highest BCUT2D eigenvalue weighted by Crippen LogP contribution is 2.37. The number of nitrogens with one attached hydrogen (secondary N) is 1. The minimum absolute atomic E-state index is 0.396. The molecule has 0 bridgehead atoms. The highest BCUT2D eigenvalue weighted by Gasteiger charge is 2.19. The molecule has 4 nitrogen and oxygen atoms in total. The Kier molecular flexibility index (Phi) is 4.49. The third-order valence-electron chi connectivity index (χ3n) is 4.31. The number of fused-ring (bicyclic) bond motifs is 1. The molecule has 0 saturated heterocycles. The number of halogens is 3. The summed E-state index contributed by atoms with van der Waals surface area (Å²) >= 11 is 6.37. The SMILES string of the molecule is O=C(Nc1ccc(-c2cc3c(cc2Cl)CCO3)cc1)c1c(F)cncc1F.